The fourth-order valence-corrected chi connectivity index (χ4v) is 4.15. The lowest BCUT2D eigenvalue weighted by Gasteiger charge is -2.35. The summed E-state index contributed by atoms with van der Waals surface area (Å²) in [6.07, 6.45) is 0. The van der Waals surface area contributed by atoms with Gasteiger partial charge in [0.05, 0.1) is 17.1 Å². The molecule has 1 fully saturated rings. The number of carbonyl (C=O) groups excluding carboxylic acids is 1. The highest BCUT2D eigenvalue weighted by molar-refractivity contribution is 7.18. The number of benzene rings is 1. The molecule has 24 heavy (non-hydrogen) atoms. The standard InChI is InChI=1S/C18H16N4OS/c1-12(23)21-5-7-22(8-6-21)18-15-4-9-24-17(15)14-3-2-13(11-19)10-16(14)20-18/h2-4,9-10H,5-8H2,1H3. The van der Waals surface area contributed by atoms with Crippen LogP contribution in [-0.4, -0.2) is 42.0 Å². The van der Waals surface area contributed by atoms with Crippen LogP contribution in [-0.2, 0) is 4.79 Å². The molecule has 120 valence electrons. The van der Waals surface area contributed by atoms with Crippen LogP contribution in [0.25, 0.3) is 21.0 Å². The Bertz CT molecular complexity index is 980. The topological polar surface area (TPSA) is 60.2 Å². The highest BCUT2D eigenvalue weighted by atomic mass is 32.1. The first kappa shape index (κ1) is 14.9. The molecule has 0 unspecified atom stereocenters. The molecule has 1 aromatic carbocycles. The van der Waals surface area contributed by atoms with Gasteiger partial charge in [0.2, 0.25) is 5.91 Å². The molecule has 0 spiro atoms. The van der Waals surface area contributed by atoms with E-state index in [1.165, 1.54) is 4.70 Å². The fourth-order valence-electron chi connectivity index (χ4n) is 3.23. The molecule has 4 rings (SSSR count). The van der Waals surface area contributed by atoms with E-state index in [-0.39, 0.29) is 5.91 Å². The Hall–Kier alpha value is -2.65. The van der Waals surface area contributed by atoms with Crippen LogP contribution >= 0.6 is 11.3 Å². The van der Waals surface area contributed by atoms with Crippen molar-refractivity contribution in [3.63, 3.8) is 0 Å². The number of hydrogen-bond donors (Lipinski definition) is 0. The lowest BCUT2D eigenvalue weighted by Crippen LogP contribution is -2.48. The molecular weight excluding hydrogens is 320 g/mol. The summed E-state index contributed by atoms with van der Waals surface area (Å²) >= 11 is 1.70. The second-order valence-corrected chi connectivity index (χ2v) is 6.85. The summed E-state index contributed by atoms with van der Waals surface area (Å²) < 4.78 is 1.20. The number of thiophene rings is 1. The molecule has 1 saturated heterocycles. The van der Waals surface area contributed by atoms with Crippen molar-refractivity contribution in [2.24, 2.45) is 0 Å². The van der Waals surface area contributed by atoms with Gasteiger partial charge >= 0.3 is 0 Å². The number of nitriles is 1. The average Bonchev–Trinajstić information content (AvgIpc) is 3.10. The van der Waals surface area contributed by atoms with Crippen molar-refractivity contribution >= 4 is 44.1 Å². The Morgan fingerprint density at radius 2 is 2.00 bits per heavy atom. The van der Waals surface area contributed by atoms with Crippen LogP contribution in [0.3, 0.4) is 0 Å². The third kappa shape index (κ3) is 2.38. The van der Waals surface area contributed by atoms with E-state index in [2.05, 4.69) is 22.4 Å². The molecule has 0 saturated carbocycles. The summed E-state index contributed by atoms with van der Waals surface area (Å²) in [5.74, 6) is 1.08. The molecule has 3 aromatic rings. The van der Waals surface area contributed by atoms with Crippen molar-refractivity contribution in [3.05, 3.63) is 35.2 Å². The molecule has 6 heteroatoms. The number of anilines is 1. The van der Waals surface area contributed by atoms with Gasteiger partial charge < -0.3 is 9.80 Å². The van der Waals surface area contributed by atoms with Gasteiger partial charge in [-0.1, -0.05) is 6.07 Å². The summed E-state index contributed by atoms with van der Waals surface area (Å²) in [6.45, 7) is 4.62. The molecule has 1 amide bonds. The molecule has 0 atom stereocenters. The molecule has 3 heterocycles. The minimum Gasteiger partial charge on any atom is -0.353 e. The average molecular weight is 336 g/mol. The smallest absolute Gasteiger partial charge is 0.219 e. The summed E-state index contributed by atoms with van der Waals surface area (Å²) in [7, 11) is 0. The highest BCUT2D eigenvalue weighted by Gasteiger charge is 2.22. The number of rotatable bonds is 1. The van der Waals surface area contributed by atoms with Gasteiger partial charge in [0.15, 0.2) is 0 Å². The van der Waals surface area contributed by atoms with E-state index in [0.717, 1.165) is 48.3 Å². The van der Waals surface area contributed by atoms with Crippen LogP contribution < -0.4 is 4.90 Å². The third-order valence-corrected chi connectivity index (χ3v) is 5.48. The van der Waals surface area contributed by atoms with Gasteiger partial charge in [0.1, 0.15) is 5.82 Å². The van der Waals surface area contributed by atoms with E-state index in [4.69, 9.17) is 10.2 Å². The van der Waals surface area contributed by atoms with Crippen LogP contribution in [0.5, 0.6) is 0 Å². The van der Waals surface area contributed by atoms with E-state index in [1.54, 1.807) is 18.3 Å². The molecule has 0 radical (unpaired) electrons. The molecule has 0 aliphatic carbocycles. The van der Waals surface area contributed by atoms with Gasteiger partial charge in [-0.25, -0.2) is 4.98 Å². The highest BCUT2D eigenvalue weighted by Crippen LogP contribution is 2.35. The second kappa shape index (κ2) is 5.77. The number of fused-ring (bicyclic) bond motifs is 3. The van der Waals surface area contributed by atoms with E-state index >= 15 is 0 Å². The minimum atomic E-state index is 0.125. The van der Waals surface area contributed by atoms with Gasteiger partial charge in [0.25, 0.3) is 0 Å². The zero-order chi connectivity index (χ0) is 16.7. The normalized spacial score (nSPS) is 15.0. The number of hydrogen-bond acceptors (Lipinski definition) is 5. The predicted molar refractivity (Wildman–Crippen MR) is 96.3 cm³/mol. The molecule has 5 nitrogen and oxygen atoms in total. The Labute approximate surface area is 143 Å². The fraction of sp³-hybridized carbons (Fsp3) is 0.278. The van der Waals surface area contributed by atoms with Gasteiger partial charge in [-0.2, -0.15) is 5.26 Å². The van der Waals surface area contributed by atoms with Crippen molar-refractivity contribution in [1.29, 1.82) is 5.26 Å². The molecule has 0 N–H and O–H groups in total. The number of aromatic nitrogens is 1. The largest absolute Gasteiger partial charge is 0.353 e. The van der Waals surface area contributed by atoms with E-state index in [0.29, 0.717) is 5.56 Å². The van der Waals surface area contributed by atoms with Crippen LogP contribution in [0.2, 0.25) is 0 Å². The zero-order valence-corrected chi connectivity index (χ0v) is 14.1. The molecule has 1 aliphatic heterocycles. The number of piperazine rings is 1. The Morgan fingerprint density at radius 1 is 1.21 bits per heavy atom. The first-order chi connectivity index (χ1) is 11.7. The Morgan fingerprint density at radius 3 is 2.71 bits per heavy atom. The zero-order valence-electron chi connectivity index (χ0n) is 13.3. The van der Waals surface area contributed by atoms with Crippen molar-refractivity contribution in [3.8, 4) is 6.07 Å². The van der Waals surface area contributed by atoms with Crippen LogP contribution in [0.1, 0.15) is 12.5 Å². The predicted octanol–water partition coefficient (Wildman–Crippen LogP) is 2.99. The monoisotopic (exact) mass is 336 g/mol. The van der Waals surface area contributed by atoms with Crippen molar-refractivity contribution < 1.29 is 4.79 Å². The maximum absolute atomic E-state index is 11.5. The van der Waals surface area contributed by atoms with Crippen molar-refractivity contribution in [1.82, 2.24) is 9.88 Å². The SMILES string of the molecule is CC(=O)N1CCN(c2nc3cc(C#N)ccc3c3sccc23)CC1. The summed E-state index contributed by atoms with van der Waals surface area (Å²) in [5, 5.41) is 13.5. The summed E-state index contributed by atoms with van der Waals surface area (Å²) in [6, 6.07) is 9.97. The third-order valence-electron chi connectivity index (χ3n) is 4.53. The molecular formula is C18H16N4OS. The lowest BCUT2D eigenvalue weighted by atomic mass is 10.1. The number of nitrogens with zero attached hydrogens (tertiary/aromatic N) is 4. The molecule has 1 aliphatic rings. The minimum absolute atomic E-state index is 0.125. The summed E-state index contributed by atoms with van der Waals surface area (Å²) in [5.41, 5.74) is 1.48. The van der Waals surface area contributed by atoms with E-state index in [9.17, 15) is 4.79 Å². The maximum Gasteiger partial charge on any atom is 0.219 e. The Balaban J connectivity index is 1.81. The van der Waals surface area contributed by atoms with Crippen molar-refractivity contribution in [2.75, 3.05) is 31.1 Å². The van der Waals surface area contributed by atoms with Gasteiger partial charge in [0, 0.05) is 48.6 Å². The van der Waals surface area contributed by atoms with Gasteiger partial charge in [-0.15, -0.1) is 11.3 Å². The molecule has 0 bridgehead atoms. The number of pyridine rings is 1. The number of amides is 1. The Kier molecular flexibility index (Phi) is 3.58. The quantitative estimate of drug-likeness (QED) is 0.685. The second-order valence-electron chi connectivity index (χ2n) is 5.94. The van der Waals surface area contributed by atoms with Crippen LogP contribution in [0, 0.1) is 11.3 Å². The van der Waals surface area contributed by atoms with Gasteiger partial charge in [-0.3, -0.25) is 4.79 Å². The van der Waals surface area contributed by atoms with Crippen molar-refractivity contribution in [2.45, 2.75) is 6.92 Å². The first-order valence-electron chi connectivity index (χ1n) is 7.89. The summed E-state index contributed by atoms with van der Waals surface area (Å²) in [4.78, 5) is 20.5. The first-order valence-corrected chi connectivity index (χ1v) is 8.77. The van der Waals surface area contributed by atoms with Crippen LogP contribution in [0.4, 0.5) is 5.82 Å². The van der Waals surface area contributed by atoms with Crippen LogP contribution in [0.15, 0.2) is 29.6 Å². The lowest BCUT2D eigenvalue weighted by molar-refractivity contribution is -0.129. The maximum atomic E-state index is 11.5. The van der Waals surface area contributed by atoms with Gasteiger partial charge in [-0.05, 0) is 23.6 Å². The number of carbonyl (C=O) groups is 1. The van der Waals surface area contributed by atoms with E-state index < -0.39 is 0 Å². The molecule has 2 aromatic heterocycles. The van der Waals surface area contributed by atoms with E-state index in [1.807, 2.05) is 23.1 Å².